The predicted molar refractivity (Wildman–Crippen MR) is 65.0 cm³/mol. The summed E-state index contributed by atoms with van der Waals surface area (Å²) in [6, 6.07) is 8.32. The predicted octanol–water partition coefficient (Wildman–Crippen LogP) is 2.88. The van der Waals surface area contributed by atoms with Crippen molar-refractivity contribution in [1.29, 1.82) is 0 Å². The summed E-state index contributed by atoms with van der Waals surface area (Å²) in [6.45, 7) is 4.12. The number of alkyl halides is 1. The molecule has 2 rings (SSSR count). The van der Waals surface area contributed by atoms with Gasteiger partial charge >= 0.3 is 0 Å². The van der Waals surface area contributed by atoms with Gasteiger partial charge in [-0.2, -0.15) is 0 Å². The van der Waals surface area contributed by atoms with Gasteiger partial charge in [0.2, 0.25) is 0 Å². The summed E-state index contributed by atoms with van der Waals surface area (Å²) in [5.41, 5.74) is 4.18. The summed E-state index contributed by atoms with van der Waals surface area (Å²) >= 11 is 5.76. The molecule has 84 valence electrons. The molecule has 0 spiro atoms. The number of hydrogen-bond donors (Lipinski definition) is 0. The van der Waals surface area contributed by atoms with Crippen LogP contribution in [0.25, 0.3) is 5.69 Å². The maximum absolute atomic E-state index is 5.76. The number of halogens is 1. The minimum Gasteiger partial charge on any atom is -0.218 e. The SMILES string of the molecule is CCc1ccc(-n2nnc(CCl)c2C)cc1. The molecule has 0 saturated carbocycles. The van der Waals surface area contributed by atoms with Gasteiger partial charge in [0.1, 0.15) is 5.69 Å². The van der Waals surface area contributed by atoms with Crippen molar-refractivity contribution in [3.63, 3.8) is 0 Å². The van der Waals surface area contributed by atoms with E-state index in [1.54, 1.807) is 0 Å². The molecular weight excluding hydrogens is 222 g/mol. The summed E-state index contributed by atoms with van der Waals surface area (Å²) in [5.74, 6) is 0.402. The van der Waals surface area contributed by atoms with Gasteiger partial charge < -0.3 is 0 Å². The first-order valence-corrected chi connectivity index (χ1v) is 5.86. The van der Waals surface area contributed by atoms with Gasteiger partial charge in [-0.15, -0.1) is 16.7 Å². The average molecular weight is 236 g/mol. The molecule has 3 nitrogen and oxygen atoms in total. The van der Waals surface area contributed by atoms with Crippen molar-refractivity contribution in [3.8, 4) is 5.69 Å². The van der Waals surface area contributed by atoms with Crippen molar-refractivity contribution in [2.45, 2.75) is 26.1 Å². The second kappa shape index (κ2) is 4.66. The van der Waals surface area contributed by atoms with Crippen LogP contribution < -0.4 is 0 Å². The minimum absolute atomic E-state index is 0.402. The van der Waals surface area contributed by atoms with E-state index in [-0.39, 0.29) is 0 Å². The number of rotatable bonds is 3. The van der Waals surface area contributed by atoms with E-state index in [4.69, 9.17) is 11.6 Å². The maximum atomic E-state index is 5.76. The molecule has 1 heterocycles. The molecule has 0 aliphatic rings. The minimum atomic E-state index is 0.402. The summed E-state index contributed by atoms with van der Waals surface area (Å²) in [5, 5.41) is 8.13. The van der Waals surface area contributed by atoms with E-state index in [2.05, 4.69) is 41.5 Å². The summed E-state index contributed by atoms with van der Waals surface area (Å²) in [4.78, 5) is 0. The zero-order valence-corrected chi connectivity index (χ0v) is 10.2. The molecule has 0 aliphatic carbocycles. The van der Waals surface area contributed by atoms with Crippen molar-refractivity contribution in [2.75, 3.05) is 0 Å². The highest BCUT2D eigenvalue weighted by Crippen LogP contribution is 2.14. The third-order valence-corrected chi connectivity index (χ3v) is 2.96. The van der Waals surface area contributed by atoms with Crippen LogP contribution in [0.5, 0.6) is 0 Å². The van der Waals surface area contributed by atoms with Crippen molar-refractivity contribution in [3.05, 3.63) is 41.2 Å². The highest BCUT2D eigenvalue weighted by molar-refractivity contribution is 6.16. The summed E-state index contributed by atoms with van der Waals surface area (Å²) in [6.07, 6.45) is 1.05. The molecule has 0 N–H and O–H groups in total. The fourth-order valence-corrected chi connectivity index (χ4v) is 1.85. The standard InChI is InChI=1S/C12H14ClN3/c1-3-10-4-6-11(7-5-10)16-9(2)12(8-13)14-15-16/h4-7H,3,8H2,1-2H3. The van der Waals surface area contributed by atoms with Crippen LogP contribution in [0.4, 0.5) is 0 Å². The van der Waals surface area contributed by atoms with Crippen LogP contribution in [0.3, 0.4) is 0 Å². The number of hydrogen-bond acceptors (Lipinski definition) is 2. The lowest BCUT2D eigenvalue weighted by Gasteiger charge is -2.04. The summed E-state index contributed by atoms with van der Waals surface area (Å²) in [7, 11) is 0. The number of aryl methyl sites for hydroxylation is 1. The Balaban J connectivity index is 2.38. The molecular formula is C12H14ClN3. The van der Waals surface area contributed by atoms with Crippen molar-refractivity contribution in [1.82, 2.24) is 15.0 Å². The molecule has 0 bridgehead atoms. The first-order valence-electron chi connectivity index (χ1n) is 5.32. The van der Waals surface area contributed by atoms with Crippen molar-refractivity contribution >= 4 is 11.6 Å². The molecule has 0 amide bonds. The molecule has 0 aliphatic heterocycles. The van der Waals surface area contributed by atoms with Gasteiger partial charge in [-0.25, -0.2) is 4.68 Å². The highest BCUT2D eigenvalue weighted by atomic mass is 35.5. The van der Waals surface area contributed by atoms with Gasteiger partial charge in [0.25, 0.3) is 0 Å². The second-order valence-electron chi connectivity index (χ2n) is 3.69. The lowest BCUT2D eigenvalue weighted by Crippen LogP contribution is -1.99. The molecule has 1 aromatic heterocycles. The van der Waals surface area contributed by atoms with E-state index in [0.717, 1.165) is 23.5 Å². The van der Waals surface area contributed by atoms with Gasteiger partial charge in [0, 0.05) is 0 Å². The molecule has 1 aromatic carbocycles. The van der Waals surface area contributed by atoms with Crippen LogP contribution in [-0.2, 0) is 12.3 Å². The molecule has 0 atom stereocenters. The van der Waals surface area contributed by atoms with Crippen molar-refractivity contribution in [2.24, 2.45) is 0 Å². The topological polar surface area (TPSA) is 30.7 Å². The Labute approximate surface area is 100 Å². The average Bonchev–Trinajstić information content (AvgIpc) is 2.70. The highest BCUT2D eigenvalue weighted by Gasteiger charge is 2.08. The molecule has 16 heavy (non-hydrogen) atoms. The zero-order chi connectivity index (χ0) is 11.5. The quantitative estimate of drug-likeness (QED) is 0.766. The Hall–Kier alpha value is -1.35. The number of nitrogens with zero attached hydrogens (tertiary/aromatic N) is 3. The van der Waals surface area contributed by atoms with Crippen LogP contribution >= 0.6 is 11.6 Å². The zero-order valence-electron chi connectivity index (χ0n) is 9.44. The lowest BCUT2D eigenvalue weighted by molar-refractivity contribution is 0.783. The van der Waals surface area contributed by atoms with Crippen LogP contribution in [0.2, 0.25) is 0 Å². The fraction of sp³-hybridized carbons (Fsp3) is 0.333. The van der Waals surface area contributed by atoms with Crippen LogP contribution in [0, 0.1) is 6.92 Å². The molecule has 2 aromatic rings. The molecule has 0 saturated heterocycles. The molecule has 0 radical (unpaired) electrons. The Morgan fingerprint density at radius 3 is 2.44 bits per heavy atom. The first-order chi connectivity index (χ1) is 7.76. The van der Waals surface area contributed by atoms with Crippen molar-refractivity contribution < 1.29 is 0 Å². The van der Waals surface area contributed by atoms with Gasteiger partial charge in [0.15, 0.2) is 0 Å². The first kappa shape index (κ1) is 11.1. The van der Waals surface area contributed by atoms with E-state index in [1.165, 1.54) is 5.56 Å². The fourth-order valence-electron chi connectivity index (χ4n) is 1.60. The van der Waals surface area contributed by atoms with E-state index in [0.29, 0.717) is 5.88 Å². The number of aromatic nitrogens is 3. The third kappa shape index (κ3) is 1.95. The lowest BCUT2D eigenvalue weighted by atomic mass is 10.1. The normalized spacial score (nSPS) is 10.7. The molecule has 0 fully saturated rings. The van der Waals surface area contributed by atoms with Gasteiger partial charge in [-0.05, 0) is 31.0 Å². The molecule has 4 heteroatoms. The molecule has 0 unspecified atom stereocenters. The van der Waals surface area contributed by atoms with Crippen LogP contribution in [0.15, 0.2) is 24.3 Å². The third-order valence-electron chi connectivity index (χ3n) is 2.71. The monoisotopic (exact) mass is 235 g/mol. The maximum Gasteiger partial charge on any atom is 0.101 e. The smallest absolute Gasteiger partial charge is 0.101 e. The summed E-state index contributed by atoms with van der Waals surface area (Å²) < 4.78 is 1.82. The van der Waals surface area contributed by atoms with Gasteiger partial charge in [-0.1, -0.05) is 24.3 Å². The van der Waals surface area contributed by atoms with E-state index >= 15 is 0 Å². The van der Waals surface area contributed by atoms with E-state index in [1.807, 2.05) is 11.6 Å². The van der Waals surface area contributed by atoms with Gasteiger partial charge in [0.05, 0.1) is 17.3 Å². The van der Waals surface area contributed by atoms with Crippen LogP contribution in [-0.4, -0.2) is 15.0 Å². The van der Waals surface area contributed by atoms with E-state index in [9.17, 15) is 0 Å². The second-order valence-corrected chi connectivity index (χ2v) is 3.95. The Bertz CT molecular complexity index is 474. The largest absolute Gasteiger partial charge is 0.218 e. The Kier molecular flexibility index (Phi) is 3.25. The van der Waals surface area contributed by atoms with E-state index < -0.39 is 0 Å². The Morgan fingerprint density at radius 2 is 1.94 bits per heavy atom. The van der Waals surface area contributed by atoms with Gasteiger partial charge in [-0.3, -0.25) is 0 Å². The number of benzene rings is 1. The Morgan fingerprint density at radius 1 is 1.25 bits per heavy atom. The van der Waals surface area contributed by atoms with Crippen LogP contribution in [0.1, 0.15) is 23.9 Å².